The van der Waals surface area contributed by atoms with Crippen molar-refractivity contribution in [3.8, 4) is 0 Å². The molecular formula is C27H36O3. The first-order valence-corrected chi connectivity index (χ1v) is 12.0. The zero-order chi connectivity index (χ0) is 20.9. The standard InChI is InChI=1S/C27H36O3/c1-18(28)30-21-12-14-26(2)20(16-21)8-9-22-23(26)13-15-27(24(22)10-11-25(27)29)17-19-6-4-3-5-7-19/h3-7,11,20-24,29H,8-10,12-17H2,1-2H3/t20?,21?,22-,23+,24+,26+,27-/m1/s1. The highest BCUT2D eigenvalue weighted by Crippen LogP contribution is 2.66. The molecular weight excluding hydrogens is 372 g/mol. The van der Waals surface area contributed by atoms with Crippen molar-refractivity contribution in [2.24, 2.45) is 34.5 Å². The summed E-state index contributed by atoms with van der Waals surface area (Å²) in [5.41, 5.74) is 1.65. The van der Waals surface area contributed by atoms with Crippen molar-refractivity contribution < 1.29 is 14.6 Å². The van der Waals surface area contributed by atoms with Gasteiger partial charge in [0.2, 0.25) is 0 Å². The Balaban J connectivity index is 1.38. The van der Waals surface area contributed by atoms with Crippen LogP contribution in [0, 0.1) is 34.5 Å². The molecule has 0 amide bonds. The molecule has 3 heteroatoms. The summed E-state index contributed by atoms with van der Waals surface area (Å²) in [6.45, 7) is 4.07. The average Bonchev–Trinajstić information content (AvgIpc) is 3.05. The minimum Gasteiger partial charge on any atom is -0.512 e. The lowest BCUT2D eigenvalue weighted by Gasteiger charge is -2.61. The van der Waals surface area contributed by atoms with Crippen molar-refractivity contribution in [1.29, 1.82) is 0 Å². The molecule has 3 nitrogen and oxygen atoms in total. The molecule has 4 aliphatic rings. The predicted octanol–water partition coefficient (Wildman–Crippen LogP) is 6.24. The van der Waals surface area contributed by atoms with E-state index in [1.807, 2.05) is 0 Å². The van der Waals surface area contributed by atoms with Crippen LogP contribution in [0.4, 0.5) is 0 Å². The zero-order valence-electron chi connectivity index (χ0n) is 18.5. The first-order chi connectivity index (χ1) is 14.4. The normalized spacial score (nSPS) is 42.5. The highest BCUT2D eigenvalue weighted by Gasteiger charge is 2.60. The Morgan fingerprint density at radius 1 is 1.10 bits per heavy atom. The van der Waals surface area contributed by atoms with Crippen LogP contribution in [0.2, 0.25) is 0 Å². The number of carbonyl (C=O) groups excluding carboxylic acids is 1. The second-order valence-corrected chi connectivity index (χ2v) is 10.8. The first-order valence-electron chi connectivity index (χ1n) is 12.0. The number of aliphatic hydroxyl groups is 1. The van der Waals surface area contributed by atoms with Gasteiger partial charge in [-0.05, 0) is 98.5 Å². The van der Waals surface area contributed by atoms with Crippen molar-refractivity contribution in [1.82, 2.24) is 0 Å². The van der Waals surface area contributed by atoms with Gasteiger partial charge in [-0.15, -0.1) is 0 Å². The van der Waals surface area contributed by atoms with E-state index in [1.165, 1.54) is 38.2 Å². The molecule has 30 heavy (non-hydrogen) atoms. The Labute approximate surface area is 180 Å². The first kappa shape index (κ1) is 20.2. The van der Waals surface area contributed by atoms with E-state index in [0.717, 1.165) is 38.0 Å². The van der Waals surface area contributed by atoms with Crippen molar-refractivity contribution >= 4 is 5.97 Å². The summed E-state index contributed by atoms with van der Waals surface area (Å²) in [7, 11) is 0. The van der Waals surface area contributed by atoms with Crippen LogP contribution >= 0.6 is 0 Å². The molecule has 5 rings (SSSR count). The second kappa shape index (κ2) is 7.43. The quantitative estimate of drug-likeness (QED) is 0.603. The van der Waals surface area contributed by atoms with E-state index in [1.54, 1.807) is 0 Å². The van der Waals surface area contributed by atoms with Gasteiger partial charge in [0.1, 0.15) is 6.10 Å². The van der Waals surface area contributed by atoms with Gasteiger partial charge in [0, 0.05) is 12.3 Å². The molecule has 1 N–H and O–H groups in total. The summed E-state index contributed by atoms with van der Waals surface area (Å²) < 4.78 is 5.61. The second-order valence-electron chi connectivity index (χ2n) is 10.8. The maximum atomic E-state index is 11.5. The molecule has 0 aromatic heterocycles. The largest absolute Gasteiger partial charge is 0.512 e. The Morgan fingerprint density at radius 3 is 2.67 bits per heavy atom. The van der Waals surface area contributed by atoms with Crippen molar-refractivity contribution in [2.45, 2.75) is 77.7 Å². The summed E-state index contributed by atoms with van der Waals surface area (Å²) in [4.78, 5) is 11.5. The molecule has 3 fully saturated rings. The maximum absolute atomic E-state index is 11.5. The van der Waals surface area contributed by atoms with Gasteiger partial charge >= 0.3 is 5.97 Å². The molecule has 162 valence electrons. The fourth-order valence-corrected chi connectivity index (χ4v) is 8.21. The van der Waals surface area contributed by atoms with Gasteiger partial charge in [0.25, 0.3) is 0 Å². The monoisotopic (exact) mass is 408 g/mol. The van der Waals surface area contributed by atoms with Gasteiger partial charge in [-0.25, -0.2) is 0 Å². The fourth-order valence-electron chi connectivity index (χ4n) is 8.21. The van der Waals surface area contributed by atoms with E-state index in [4.69, 9.17) is 4.74 Å². The summed E-state index contributed by atoms with van der Waals surface area (Å²) in [5, 5.41) is 11.1. The van der Waals surface area contributed by atoms with Crippen LogP contribution in [0.1, 0.15) is 70.8 Å². The van der Waals surface area contributed by atoms with Crippen LogP contribution in [0.15, 0.2) is 42.2 Å². The van der Waals surface area contributed by atoms with E-state index in [0.29, 0.717) is 28.9 Å². The predicted molar refractivity (Wildman–Crippen MR) is 118 cm³/mol. The zero-order valence-corrected chi connectivity index (χ0v) is 18.5. The number of fused-ring (bicyclic) bond motifs is 5. The van der Waals surface area contributed by atoms with E-state index >= 15 is 0 Å². The molecule has 0 radical (unpaired) electrons. The molecule has 4 aliphatic carbocycles. The molecule has 0 spiro atoms. The fraction of sp³-hybridized carbons (Fsp3) is 0.667. The molecule has 0 aliphatic heterocycles. The molecule has 0 saturated heterocycles. The number of benzene rings is 1. The number of hydrogen-bond acceptors (Lipinski definition) is 3. The summed E-state index contributed by atoms with van der Waals surface area (Å²) in [6, 6.07) is 10.8. The smallest absolute Gasteiger partial charge is 0.302 e. The molecule has 7 atom stereocenters. The van der Waals surface area contributed by atoms with Crippen molar-refractivity contribution in [2.75, 3.05) is 0 Å². The molecule has 3 saturated carbocycles. The lowest BCUT2D eigenvalue weighted by atomic mass is 9.44. The Bertz CT molecular complexity index is 830. The number of aliphatic hydroxyl groups excluding tert-OH is 1. The Kier molecular flexibility index (Phi) is 4.99. The van der Waals surface area contributed by atoms with Crippen LogP contribution < -0.4 is 0 Å². The van der Waals surface area contributed by atoms with Crippen LogP contribution in [0.25, 0.3) is 0 Å². The van der Waals surface area contributed by atoms with Crippen LogP contribution in [-0.4, -0.2) is 17.2 Å². The lowest BCUT2D eigenvalue weighted by molar-refractivity contribution is -0.159. The van der Waals surface area contributed by atoms with E-state index in [-0.39, 0.29) is 17.5 Å². The van der Waals surface area contributed by atoms with Gasteiger partial charge in [-0.3, -0.25) is 4.79 Å². The average molecular weight is 409 g/mol. The van der Waals surface area contributed by atoms with E-state index < -0.39 is 0 Å². The molecule has 0 heterocycles. The van der Waals surface area contributed by atoms with Crippen LogP contribution in [0.5, 0.6) is 0 Å². The molecule has 0 bridgehead atoms. The van der Waals surface area contributed by atoms with Gasteiger partial charge in [0.05, 0.1) is 5.76 Å². The third-order valence-corrected chi connectivity index (χ3v) is 9.60. The van der Waals surface area contributed by atoms with Crippen LogP contribution in [-0.2, 0) is 16.0 Å². The molecule has 2 unspecified atom stereocenters. The summed E-state index contributed by atoms with van der Waals surface area (Å²) in [6.07, 6.45) is 12.3. The maximum Gasteiger partial charge on any atom is 0.302 e. The van der Waals surface area contributed by atoms with E-state index in [2.05, 4.69) is 43.3 Å². The summed E-state index contributed by atoms with van der Waals surface area (Å²) >= 11 is 0. The molecule has 1 aromatic carbocycles. The number of ether oxygens (including phenoxy) is 1. The number of rotatable bonds is 3. The van der Waals surface area contributed by atoms with Gasteiger partial charge in [0.15, 0.2) is 0 Å². The van der Waals surface area contributed by atoms with E-state index in [9.17, 15) is 9.90 Å². The number of carbonyl (C=O) groups is 1. The van der Waals surface area contributed by atoms with Crippen molar-refractivity contribution in [3.63, 3.8) is 0 Å². The number of hydrogen-bond donors (Lipinski definition) is 1. The minimum absolute atomic E-state index is 0.0549. The van der Waals surface area contributed by atoms with Gasteiger partial charge < -0.3 is 9.84 Å². The Morgan fingerprint density at radius 2 is 1.90 bits per heavy atom. The summed E-state index contributed by atoms with van der Waals surface area (Å²) in [5.74, 6) is 3.22. The van der Waals surface area contributed by atoms with Crippen LogP contribution in [0.3, 0.4) is 0 Å². The SMILES string of the molecule is CC(=O)OC1CC[C@@]2(C)C(CC[C@H]3[C@@H]4CC=C(O)[C@@]4(Cc4ccccc4)CC[C@@H]32)C1. The third-order valence-electron chi connectivity index (χ3n) is 9.60. The van der Waals surface area contributed by atoms with Crippen molar-refractivity contribution in [3.05, 3.63) is 47.7 Å². The highest BCUT2D eigenvalue weighted by atomic mass is 16.5. The number of allylic oxidation sites excluding steroid dienone is 2. The number of esters is 1. The highest BCUT2D eigenvalue weighted by molar-refractivity contribution is 5.66. The molecule has 1 aromatic rings. The Hall–Kier alpha value is -1.77. The topological polar surface area (TPSA) is 46.5 Å². The van der Waals surface area contributed by atoms with Gasteiger partial charge in [-0.2, -0.15) is 0 Å². The minimum atomic E-state index is -0.131. The lowest BCUT2D eigenvalue weighted by Crippen LogP contribution is -2.54. The third kappa shape index (κ3) is 3.11. The van der Waals surface area contributed by atoms with Gasteiger partial charge in [-0.1, -0.05) is 37.3 Å².